The predicted molar refractivity (Wildman–Crippen MR) is 51.7 cm³/mol. The van der Waals surface area contributed by atoms with E-state index in [1.807, 2.05) is 6.92 Å². The zero-order chi connectivity index (χ0) is 10.2. The van der Waals surface area contributed by atoms with Crippen molar-refractivity contribution in [3.05, 3.63) is 0 Å². The van der Waals surface area contributed by atoms with Crippen LogP contribution in [0.15, 0.2) is 0 Å². The number of hydrogen-bond acceptors (Lipinski definition) is 2. The lowest BCUT2D eigenvalue weighted by molar-refractivity contribution is -0.140. The normalized spacial score (nSPS) is 30.1. The molecule has 1 heterocycles. The van der Waals surface area contributed by atoms with E-state index in [1.54, 1.807) is 4.90 Å². The minimum atomic E-state index is -0.436. The van der Waals surface area contributed by atoms with Crippen LogP contribution in [0.1, 0.15) is 19.8 Å². The number of hydrogen-bond donors (Lipinski definition) is 1. The lowest BCUT2D eigenvalue weighted by Gasteiger charge is -2.36. The summed E-state index contributed by atoms with van der Waals surface area (Å²) in [6.07, 6.45) is 1.93. The zero-order valence-corrected chi connectivity index (χ0v) is 8.55. The van der Waals surface area contributed by atoms with Crippen molar-refractivity contribution in [3.8, 4) is 0 Å². The Kier molecular flexibility index (Phi) is 2.47. The monoisotopic (exact) mass is 200 g/mol. The van der Waals surface area contributed by atoms with Crippen LogP contribution in [0.5, 0.6) is 0 Å². The average molecular weight is 200 g/mol. The van der Waals surface area contributed by atoms with E-state index in [4.69, 9.17) is 0 Å². The van der Waals surface area contributed by atoms with Gasteiger partial charge in [0, 0.05) is 25.0 Å². The van der Waals surface area contributed by atoms with Gasteiger partial charge < -0.3 is 10.2 Å². The number of carbonyl (C=O) groups excluding carboxylic acids is 1. The van der Waals surface area contributed by atoms with Crippen LogP contribution in [0.25, 0.3) is 0 Å². The average Bonchev–Trinajstić information content (AvgIpc) is 2.97. The summed E-state index contributed by atoms with van der Waals surface area (Å²) in [6, 6.07) is -0.242. The smallest absolute Gasteiger partial charge is 0.228 e. The summed E-state index contributed by atoms with van der Waals surface area (Å²) in [5.41, 5.74) is -0.162. The Morgan fingerprint density at radius 2 is 2.36 bits per heavy atom. The van der Waals surface area contributed by atoms with Gasteiger partial charge in [0.1, 0.15) is 6.67 Å². The lowest BCUT2D eigenvalue weighted by Crippen LogP contribution is -2.56. The van der Waals surface area contributed by atoms with E-state index in [-0.39, 0.29) is 17.4 Å². The Hall–Kier alpha value is -0.640. The highest BCUT2D eigenvalue weighted by molar-refractivity contribution is 5.85. The first-order valence-electron chi connectivity index (χ1n) is 5.25. The predicted octanol–water partition coefficient (Wildman–Crippen LogP) is 0.556. The van der Waals surface area contributed by atoms with Crippen molar-refractivity contribution in [3.63, 3.8) is 0 Å². The molecule has 0 aromatic heterocycles. The first-order chi connectivity index (χ1) is 6.67. The Morgan fingerprint density at radius 1 is 1.64 bits per heavy atom. The van der Waals surface area contributed by atoms with Crippen molar-refractivity contribution in [2.24, 2.45) is 5.41 Å². The summed E-state index contributed by atoms with van der Waals surface area (Å²) >= 11 is 0. The molecule has 2 rings (SSSR count). The molecule has 1 saturated heterocycles. The van der Waals surface area contributed by atoms with Gasteiger partial charge in [-0.25, -0.2) is 4.39 Å². The number of alkyl halides is 1. The van der Waals surface area contributed by atoms with E-state index in [0.29, 0.717) is 13.1 Å². The fraction of sp³-hybridized carbons (Fsp3) is 0.900. The number of rotatable bonds is 2. The first kappa shape index (κ1) is 9.90. The van der Waals surface area contributed by atoms with Gasteiger partial charge in [-0.2, -0.15) is 0 Å². The fourth-order valence-electron chi connectivity index (χ4n) is 1.91. The van der Waals surface area contributed by atoms with Crippen LogP contribution >= 0.6 is 0 Å². The molecule has 1 aliphatic carbocycles. The minimum Gasteiger partial charge on any atom is -0.334 e. The molecule has 1 saturated carbocycles. The van der Waals surface area contributed by atoms with Crippen molar-refractivity contribution >= 4 is 5.91 Å². The molecule has 0 aromatic rings. The SMILES string of the molecule is CC1(C(=O)N2CCNC[C@H]2CF)CC1. The highest BCUT2D eigenvalue weighted by Gasteiger charge is 2.48. The summed E-state index contributed by atoms with van der Waals surface area (Å²) in [7, 11) is 0. The summed E-state index contributed by atoms with van der Waals surface area (Å²) < 4.78 is 12.7. The third-order valence-corrected chi connectivity index (χ3v) is 3.31. The van der Waals surface area contributed by atoms with E-state index < -0.39 is 6.67 Å². The third-order valence-electron chi connectivity index (χ3n) is 3.31. The summed E-state index contributed by atoms with van der Waals surface area (Å²) in [4.78, 5) is 13.7. The maximum atomic E-state index is 12.7. The molecule has 1 aliphatic heterocycles. The molecule has 0 spiro atoms. The summed E-state index contributed by atoms with van der Waals surface area (Å²) in [5, 5.41) is 3.11. The molecule has 14 heavy (non-hydrogen) atoms. The maximum Gasteiger partial charge on any atom is 0.228 e. The second kappa shape index (κ2) is 3.50. The van der Waals surface area contributed by atoms with Gasteiger partial charge >= 0.3 is 0 Å². The topological polar surface area (TPSA) is 32.3 Å². The minimum absolute atomic E-state index is 0.154. The highest BCUT2D eigenvalue weighted by Crippen LogP contribution is 2.46. The second-order valence-electron chi connectivity index (χ2n) is 4.57. The van der Waals surface area contributed by atoms with Gasteiger partial charge in [-0.3, -0.25) is 4.79 Å². The Morgan fingerprint density at radius 3 is 2.93 bits per heavy atom. The van der Waals surface area contributed by atoms with Crippen molar-refractivity contribution in [1.29, 1.82) is 0 Å². The van der Waals surface area contributed by atoms with Gasteiger partial charge in [-0.05, 0) is 12.8 Å². The summed E-state index contributed by atoms with van der Waals surface area (Å²) in [5.74, 6) is 0.154. The molecule has 0 aromatic carbocycles. The van der Waals surface area contributed by atoms with Gasteiger partial charge in [0.05, 0.1) is 6.04 Å². The standard InChI is InChI=1S/C10H17FN2O/c1-10(2-3-10)9(14)13-5-4-12-7-8(13)6-11/h8,12H,2-7H2,1H3/t8-/m1/s1. The van der Waals surface area contributed by atoms with Crippen LogP contribution in [0.3, 0.4) is 0 Å². The van der Waals surface area contributed by atoms with E-state index in [0.717, 1.165) is 19.4 Å². The van der Waals surface area contributed by atoms with E-state index >= 15 is 0 Å². The Labute approximate surface area is 83.6 Å². The molecule has 4 heteroatoms. The van der Waals surface area contributed by atoms with Crippen LogP contribution < -0.4 is 5.32 Å². The number of piperazine rings is 1. The molecule has 1 atom stereocenters. The fourth-order valence-corrected chi connectivity index (χ4v) is 1.91. The van der Waals surface area contributed by atoms with Crippen molar-refractivity contribution in [2.45, 2.75) is 25.8 Å². The van der Waals surface area contributed by atoms with Gasteiger partial charge in [-0.1, -0.05) is 6.92 Å². The first-order valence-corrected chi connectivity index (χ1v) is 5.25. The number of nitrogens with one attached hydrogen (secondary N) is 1. The van der Waals surface area contributed by atoms with E-state index in [1.165, 1.54) is 0 Å². The Bertz CT molecular complexity index is 240. The maximum absolute atomic E-state index is 12.7. The van der Waals surface area contributed by atoms with E-state index in [2.05, 4.69) is 5.32 Å². The molecule has 1 N–H and O–H groups in total. The molecule has 0 bridgehead atoms. The summed E-state index contributed by atoms with van der Waals surface area (Å²) in [6.45, 7) is 3.58. The molecule has 0 unspecified atom stereocenters. The molecule has 0 radical (unpaired) electrons. The van der Waals surface area contributed by atoms with Crippen LogP contribution in [0.2, 0.25) is 0 Å². The second-order valence-corrected chi connectivity index (χ2v) is 4.57. The quantitative estimate of drug-likeness (QED) is 0.706. The number of amides is 1. The number of halogens is 1. The van der Waals surface area contributed by atoms with Gasteiger partial charge in [0.25, 0.3) is 0 Å². The Balaban J connectivity index is 2.03. The van der Waals surface area contributed by atoms with Gasteiger partial charge in [0.15, 0.2) is 0 Å². The van der Waals surface area contributed by atoms with Crippen molar-refractivity contribution in [1.82, 2.24) is 10.2 Å². The number of carbonyl (C=O) groups is 1. The number of nitrogens with zero attached hydrogens (tertiary/aromatic N) is 1. The van der Waals surface area contributed by atoms with Crippen LogP contribution in [-0.2, 0) is 4.79 Å². The lowest BCUT2D eigenvalue weighted by atomic mass is 10.1. The van der Waals surface area contributed by atoms with Crippen LogP contribution in [-0.4, -0.2) is 43.2 Å². The molecule has 2 aliphatic rings. The van der Waals surface area contributed by atoms with Crippen LogP contribution in [0.4, 0.5) is 4.39 Å². The molecule has 80 valence electrons. The van der Waals surface area contributed by atoms with Gasteiger partial charge in [-0.15, -0.1) is 0 Å². The molecule has 3 nitrogen and oxygen atoms in total. The van der Waals surface area contributed by atoms with Crippen molar-refractivity contribution < 1.29 is 9.18 Å². The van der Waals surface area contributed by atoms with E-state index in [9.17, 15) is 9.18 Å². The third kappa shape index (κ3) is 1.63. The molecular formula is C10H17FN2O. The van der Waals surface area contributed by atoms with Crippen molar-refractivity contribution in [2.75, 3.05) is 26.3 Å². The van der Waals surface area contributed by atoms with Crippen LogP contribution in [0, 0.1) is 5.41 Å². The molecular weight excluding hydrogens is 183 g/mol. The van der Waals surface area contributed by atoms with Gasteiger partial charge in [0.2, 0.25) is 5.91 Å². The highest BCUT2D eigenvalue weighted by atomic mass is 19.1. The zero-order valence-electron chi connectivity index (χ0n) is 8.55. The molecule has 1 amide bonds. The largest absolute Gasteiger partial charge is 0.334 e. The molecule has 2 fully saturated rings.